The van der Waals surface area contributed by atoms with Gasteiger partial charge in [-0.1, -0.05) is 73.5 Å². The van der Waals surface area contributed by atoms with Crippen molar-refractivity contribution in [1.29, 1.82) is 0 Å². The summed E-state index contributed by atoms with van der Waals surface area (Å²) in [6.07, 6.45) is 4.79. The molecule has 5 heteroatoms. The zero-order valence-electron chi connectivity index (χ0n) is 17.5. The number of benzene rings is 2. The number of piperazine rings is 1. The van der Waals surface area contributed by atoms with E-state index in [9.17, 15) is 9.59 Å². The van der Waals surface area contributed by atoms with Gasteiger partial charge in [-0.05, 0) is 24.0 Å². The summed E-state index contributed by atoms with van der Waals surface area (Å²) >= 11 is 0. The minimum atomic E-state index is -0.421. The third-order valence-corrected chi connectivity index (χ3v) is 6.62. The zero-order chi connectivity index (χ0) is 20.8. The van der Waals surface area contributed by atoms with E-state index in [1.807, 2.05) is 24.3 Å². The monoisotopic (exact) mass is 405 g/mol. The number of carbonyl (C=O) groups is 2. The summed E-state index contributed by atoms with van der Waals surface area (Å²) in [5.41, 5.74) is 2.49. The maximum absolute atomic E-state index is 12.9. The van der Waals surface area contributed by atoms with Crippen molar-refractivity contribution < 1.29 is 9.59 Å². The van der Waals surface area contributed by atoms with Gasteiger partial charge in [-0.2, -0.15) is 0 Å². The van der Waals surface area contributed by atoms with Crippen LogP contribution in [0.2, 0.25) is 0 Å². The maximum Gasteiger partial charge on any atom is 0.237 e. The summed E-state index contributed by atoms with van der Waals surface area (Å²) in [6, 6.07) is 20.2. The van der Waals surface area contributed by atoms with Crippen LogP contribution in [-0.4, -0.2) is 42.4 Å². The number of nitrogens with zero attached hydrogens (tertiary/aromatic N) is 1. The highest BCUT2D eigenvalue weighted by Crippen LogP contribution is 2.40. The third-order valence-electron chi connectivity index (χ3n) is 6.62. The molecule has 1 aliphatic heterocycles. The summed E-state index contributed by atoms with van der Waals surface area (Å²) in [6.45, 7) is 2.70. The topological polar surface area (TPSA) is 61.4 Å². The quantitative estimate of drug-likeness (QED) is 0.744. The van der Waals surface area contributed by atoms with Crippen LogP contribution in [0, 0.1) is 0 Å². The Kier molecular flexibility index (Phi) is 6.48. The maximum atomic E-state index is 12.9. The fraction of sp³-hybridized carbons (Fsp3) is 0.440. The molecule has 4 rings (SSSR count). The van der Waals surface area contributed by atoms with Crippen LogP contribution in [-0.2, 0) is 21.5 Å². The van der Waals surface area contributed by atoms with Gasteiger partial charge in [-0.3, -0.25) is 14.5 Å². The third kappa shape index (κ3) is 4.73. The lowest BCUT2D eigenvalue weighted by Crippen LogP contribution is -2.56. The van der Waals surface area contributed by atoms with Gasteiger partial charge in [-0.25, -0.2) is 0 Å². The predicted octanol–water partition coefficient (Wildman–Crippen LogP) is 3.01. The van der Waals surface area contributed by atoms with Crippen molar-refractivity contribution in [1.82, 2.24) is 15.5 Å². The predicted molar refractivity (Wildman–Crippen MR) is 118 cm³/mol. The van der Waals surface area contributed by atoms with Crippen molar-refractivity contribution in [2.45, 2.75) is 50.1 Å². The van der Waals surface area contributed by atoms with E-state index in [1.54, 1.807) is 0 Å². The fourth-order valence-corrected chi connectivity index (χ4v) is 4.92. The summed E-state index contributed by atoms with van der Waals surface area (Å²) < 4.78 is 0. The Morgan fingerprint density at radius 2 is 1.70 bits per heavy atom. The van der Waals surface area contributed by atoms with Gasteiger partial charge in [-0.15, -0.1) is 0 Å². The molecule has 0 spiro atoms. The minimum absolute atomic E-state index is 0.0233. The summed E-state index contributed by atoms with van der Waals surface area (Å²) in [5, 5.41) is 6.09. The smallest absolute Gasteiger partial charge is 0.237 e. The first kappa shape index (κ1) is 20.6. The van der Waals surface area contributed by atoms with Crippen LogP contribution in [0.3, 0.4) is 0 Å². The van der Waals surface area contributed by atoms with Crippen molar-refractivity contribution in [3.8, 4) is 0 Å². The van der Waals surface area contributed by atoms with Crippen LogP contribution in [0.1, 0.15) is 43.2 Å². The number of rotatable bonds is 7. The largest absolute Gasteiger partial charge is 0.355 e. The van der Waals surface area contributed by atoms with Gasteiger partial charge in [0.1, 0.15) is 0 Å². The lowest BCUT2D eigenvalue weighted by atomic mass is 9.79. The van der Waals surface area contributed by atoms with Crippen LogP contribution in [0.25, 0.3) is 0 Å². The van der Waals surface area contributed by atoms with Gasteiger partial charge >= 0.3 is 0 Å². The molecule has 0 radical (unpaired) electrons. The molecular formula is C25H31N3O2. The molecule has 30 heavy (non-hydrogen) atoms. The highest BCUT2D eigenvalue weighted by atomic mass is 16.2. The highest BCUT2D eigenvalue weighted by molar-refractivity contribution is 5.88. The van der Waals surface area contributed by atoms with Crippen LogP contribution in [0.15, 0.2) is 60.7 Å². The Morgan fingerprint density at radius 3 is 2.40 bits per heavy atom. The molecule has 0 bridgehead atoms. The Labute approximate surface area is 178 Å². The van der Waals surface area contributed by atoms with E-state index >= 15 is 0 Å². The Balaban J connectivity index is 1.39. The van der Waals surface area contributed by atoms with Gasteiger partial charge in [0.2, 0.25) is 11.8 Å². The molecule has 1 heterocycles. The molecule has 2 aromatic rings. The van der Waals surface area contributed by atoms with E-state index in [1.165, 1.54) is 18.4 Å². The van der Waals surface area contributed by atoms with Crippen LogP contribution in [0.5, 0.6) is 0 Å². The van der Waals surface area contributed by atoms with Crippen molar-refractivity contribution in [3.05, 3.63) is 71.8 Å². The molecule has 1 aliphatic carbocycles. The van der Waals surface area contributed by atoms with Crippen LogP contribution < -0.4 is 10.6 Å². The molecule has 1 saturated carbocycles. The fourth-order valence-electron chi connectivity index (χ4n) is 4.92. The molecule has 1 atom stereocenters. The first-order chi connectivity index (χ1) is 14.7. The van der Waals surface area contributed by atoms with E-state index < -0.39 is 6.04 Å². The number of carbonyl (C=O) groups excluding carboxylic acids is 2. The highest BCUT2D eigenvalue weighted by Gasteiger charge is 2.37. The molecule has 1 saturated heterocycles. The SMILES string of the molecule is O=C(C[C@H]1C(=O)NCCN1Cc1ccccc1)NCC1(c2ccccc2)CCCC1. The zero-order valence-corrected chi connectivity index (χ0v) is 17.5. The van der Waals surface area contributed by atoms with Crippen LogP contribution in [0.4, 0.5) is 0 Å². The Hall–Kier alpha value is -2.66. The van der Waals surface area contributed by atoms with Crippen molar-refractivity contribution in [2.75, 3.05) is 19.6 Å². The first-order valence-electron chi connectivity index (χ1n) is 11.0. The summed E-state index contributed by atoms with van der Waals surface area (Å²) in [7, 11) is 0. The second-order valence-electron chi connectivity index (χ2n) is 8.60. The Bertz CT molecular complexity index is 847. The van der Waals surface area contributed by atoms with E-state index in [-0.39, 0.29) is 23.7 Å². The van der Waals surface area contributed by atoms with Crippen molar-refractivity contribution in [2.24, 2.45) is 0 Å². The number of hydrogen-bond donors (Lipinski definition) is 2. The number of amides is 2. The van der Waals surface area contributed by atoms with Gasteiger partial charge in [0.05, 0.1) is 12.5 Å². The molecule has 2 amide bonds. The van der Waals surface area contributed by atoms with Crippen LogP contribution >= 0.6 is 0 Å². The molecule has 0 unspecified atom stereocenters. The minimum Gasteiger partial charge on any atom is -0.355 e. The number of hydrogen-bond acceptors (Lipinski definition) is 3. The lowest BCUT2D eigenvalue weighted by molar-refractivity contribution is -0.134. The second kappa shape index (κ2) is 9.43. The molecular weight excluding hydrogens is 374 g/mol. The molecule has 2 aliphatic rings. The molecule has 2 aromatic carbocycles. The van der Waals surface area contributed by atoms with Gasteiger partial charge in [0, 0.05) is 31.6 Å². The lowest BCUT2D eigenvalue weighted by Gasteiger charge is -2.35. The molecule has 158 valence electrons. The van der Waals surface area contributed by atoms with Gasteiger partial charge < -0.3 is 10.6 Å². The molecule has 5 nitrogen and oxygen atoms in total. The first-order valence-corrected chi connectivity index (χ1v) is 11.0. The van der Waals surface area contributed by atoms with E-state index in [0.717, 1.165) is 24.9 Å². The summed E-state index contributed by atoms with van der Waals surface area (Å²) in [5.74, 6) is -0.0942. The molecule has 2 N–H and O–H groups in total. The van der Waals surface area contributed by atoms with E-state index in [2.05, 4.69) is 51.9 Å². The van der Waals surface area contributed by atoms with Gasteiger partial charge in [0.15, 0.2) is 0 Å². The number of nitrogens with one attached hydrogen (secondary N) is 2. The van der Waals surface area contributed by atoms with Gasteiger partial charge in [0.25, 0.3) is 0 Å². The summed E-state index contributed by atoms with van der Waals surface area (Å²) in [4.78, 5) is 27.5. The normalized spacial score (nSPS) is 21.2. The van der Waals surface area contributed by atoms with E-state index in [0.29, 0.717) is 19.6 Å². The molecule has 0 aromatic heterocycles. The van der Waals surface area contributed by atoms with E-state index in [4.69, 9.17) is 0 Å². The second-order valence-corrected chi connectivity index (χ2v) is 8.60. The average Bonchev–Trinajstić information content (AvgIpc) is 3.26. The van der Waals surface area contributed by atoms with Crippen molar-refractivity contribution in [3.63, 3.8) is 0 Å². The Morgan fingerprint density at radius 1 is 1.03 bits per heavy atom. The van der Waals surface area contributed by atoms with Crippen molar-refractivity contribution >= 4 is 11.8 Å². The standard InChI is InChI=1S/C25H31N3O2/c29-23(27-19-25(13-7-8-14-25)21-11-5-2-6-12-21)17-22-24(30)26-15-16-28(22)18-20-9-3-1-4-10-20/h1-6,9-12,22H,7-8,13-19H2,(H,26,30)(H,27,29)/t22-/m0/s1. The average molecular weight is 406 g/mol. The molecule has 2 fully saturated rings.